The summed E-state index contributed by atoms with van der Waals surface area (Å²) in [7, 11) is 1.62. The van der Waals surface area contributed by atoms with Gasteiger partial charge in [-0.05, 0) is 55.3 Å². The van der Waals surface area contributed by atoms with Crippen LogP contribution in [0.15, 0.2) is 30.3 Å². The Labute approximate surface area is 123 Å². The first kappa shape index (κ1) is 14.7. The molecule has 2 aromatic carbocycles. The lowest BCUT2D eigenvalue weighted by Crippen LogP contribution is -2.06. The van der Waals surface area contributed by atoms with Crippen LogP contribution >= 0.6 is 0 Å². The molecule has 21 heavy (non-hydrogen) atoms. The third-order valence-electron chi connectivity index (χ3n) is 3.33. The number of aromatic carboxylic acids is 1. The molecule has 0 radical (unpaired) electrons. The highest BCUT2D eigenvalue weighted by Crippen LogP contribution is 2.28. The highest BCUT2D eigenvalue weighted by Gasteiger charge is 2.12. The standard InChI is InChI=1S/C16H18N2O3/c1-9-7-12(21-3)4-5-14(9)18-11-6-10(2)15(17)13(8-11)16(19)20/h4-8,18H,17H2,1-3H3,(H,19,20). The van der Waals surface area contributed by atoms with E-state index in [1.54, 1.807) is 14.0 Å². The van der Waals surface area contributed by atoms with E-state index in [1.165, 1.54) is 6.07 Å². The summed E-state index contributed by atoms with van der Waals surface area (Å²) >= 11 is 0. The molecular formula is C16H18N2O3. The van der Waals surface area contributed by atoms with Gasteiger partial charge in [-0.15, -0.1) is 0 Å². The van der Waals surface area contributed by atoms with Crippen LogP contribution in [0.4, 0.5) is 17.1 Å². The number of carboxylic acids is 1. The first-order valence-electron chi connectivity index (χ1n) is 6.47. The molecule has 110 valence electrons. The van der Waals surface area contributed by atoms with E-state index in [2.05, 4.69) is 5.32 Å². The molecule has 0 fully saturated rings. The first-order valence-corrected chi connectivity index (χ1v) is 6.47. The summed E-state index contributed by atoms with van der Waals surface area (Å²) in [6.45, 7) is 3.74. The van der Waals surface area contributed by atoms with Gasteiger partial charge in [0.15, 0.2) is 0 Å². The Morgan fingerprint density at radius 3 is 2.48 bits per heavy atom. The summed E-state index contributed by atoms with van der Waals surface area (Å²) in [5, 5.41) is 12.4. The normalized spacial score (nSPS) is 10.2. The zero-order valence-electron chi connectivity index (χ0n) is 12.2. The molecule has 0 saturated carbocycles. The molecule has 5 heteroatoms. The van der Waals surface area contributed by atoms with E-state index < -0.39 is 5.97 Å². The summed E-state index contributed by atoms with van der Waals surface area (Å²) < 4.78 is 5.16. The van der Waals surface area contributed by atoms with Crippen molar-refractivity contribution in [2.75, 3.05) is 18.2 Å². The van der Waals surface area contributed by atoms with Crippen molar-refractivity contribution in [3.63, 3.8) is 0 Å². The minimum absolute atomic E-state index is 0.101. The smallest absolute Gasteiger partial charge is 0.337 e. The van der Waals surface area contributed by atoms with Crippen LogP contribution in [0, 0.1) is 13.8 Å². The van der Waals surface area contributed by atoms with Gasteiger partial charge in [0.25, 0.3) is 0 Å². The van der Waals surface area contributed by atoms with Crippen LogP contribution in [0.25, 0.3) is 0 Å². The van der Waals surface area contributed by atoms with E-state index in [-0.39, 0.29) is 5.56 Å². The molecule has 0 heterocycles. The zero-order valence-corrected chi connectivity index (χ0v) is 12.2. The molecule has 0 saturated heterocycles. The van der Waals surface area contributed by atoms with Crippen LogP contribution in [0.1, 0.15) is 21.5 Å². The molecule has 4 N–H and O–H groups in total. The summed E-state index contributed by atoms with van der Waals surface area (Å²) in [6, 6.07) is 9.00. The van der Waals surface area contributed by atoms with Gasteiger partial charge in [0.1, 0.15) is 5.75 Å². The van der Waals surface area contributed by atoms with Gasteiger partial charge in [-0.1, -0.05) is 0 Å². The molecule has 0 bridgehead atoms. The maximum absolute atomic E-state index is 11.2. The minimum Gasteiger partial charge on any atom is -0.497 e. The molecule has 0 aliphatic carbocycles. The quantitative estimate of drug-likeness (QED) is 0.751. The first-order chi connectivity index (χ1) is 9.92. The van der Waals surface area contributed by atoms with E-state index >= 15 is 0 Å². The number of rotatable bonds is 4. The van der Waals surface area contributed by atoms with Crippen molar-refractivity contribution in [2.45, 2.75) is 13.8 Å². The number of benzene rings is 2. The number of nitrogen functional groups attached to an aromatic ring is 1. The number of hydrogen-bond donors (Lipinski definition) is 3. The predicted molar refractivity (Wildman–Crippen MR) is 83.6 cm³/mol. The Morgan fingerprint density at radius 1 is 1.19 bits per heavy atom. The molecule has 2 aromatic rings. The molecule has 0 aromatic heterocycles. The molecule has 0 aliphatic heterocycles. The van der Waals surface area contributed by atoms with Gasteiger partial charge in [-0.2, -0.15) is 0 Å². The van der Waals surface area contributed by atoms with Crippen molar-refractivity contribution in [3.05, 3.63) is 47.0 Å². The van der Waals surface area contributed by atoms with Crippen molar-refractivity contribution >= 4 is 23.0 Å². The number of carbonyl (C=O) groups is 1. The number of methoxy groups -OCH3 is 1. The summed E-state index contributed by atoms with van der Waals surface area (Å²) in [6.07, 6.45) is 0. The van der Waals surface area contributed by atoms with Crippen molar-refractivity contribution < 1.29 is 14.6 Å². The fourth-order valence-electron chi connectivity index (χ4n) is 2.11. The van der Waals surface area contributed by atoms with Crippen molar-refractivity contribution in [3.8, 4) is 5.75 Å². The monoisotopic (exact) mass is 286 g/mol. The maximum Gasteiger partial charge on any atom is 0.337 e. The van der Waals surface area contributed by atoms with Crippen LogP contribution in [0.5, 0.6) is 5.75 Å². The number of hydrogen-bond acceptors (Lipinski definition) is 4. The second-order valence-corrected chi connectivity index (χ2v) is 4.87. The molecule has 0 atom stereocenters. The lowest BCUT2D eigenvalue weighted by molar-refractivity contribution is 0.0698. The van der Waals surface area contributed by atoms with E-state index in [4.69, 9.17) is 10.5 Å². The van der Waals surface area contributed by atoms with Gasteiger partial charge in [0.2, 0.25) is 0 Å². The van der Waals surface area contributed by atoms with E-state index in [9.17, 15) is 9.90 Å². The van der Waals surface area contributed by atoms with Crippen LogP contribution in [-0.2, 0) is 0 Å². The van der Waals surface area contributed by atoms with Crippen LogP contribution in [0.2, 0.25) is 0 Å². The van der Waals surface area contributed by atoms with Gasteiger partial charge in [-0.25, -0.2) is 4.79 Å². The molecular weight excluding hydrogens is 268 g/mol. The van der Waals surface area contributed by atoms with Gasteiger partial charge < -0.3 is 20.9 Å². The second-order valence-electron chi connectivity index (χ2n) is 4.87. The van der Waals surface area contributed by atoms with Crippen molar-refractivity contribution in [1.29, 1.82) is 0 Å². The molecule has 0 spiro atoms. The molecule has 2 rings (SSSR count). The highest BCUT2D eigenvalue weighted by molar-refractivity contribution is 5.96. The predicted octanol–water partition coefficient (Wildman–Crippen LogP) is 3.34. The van der Waals surface area contributed by atoms with Crippen LogP contribution in [-0.4, -0.2) is 18.2 Å². The molecule has 0 aliphatic rings. The van der Waals surface area contributed by atoms with E-state index in [0.717, 1.165) is 22.6 Å². The average molecular weight is 286 g/mol. The second kappa shape index (κ2) is 5.75. The maximum atomic E-state index is 11.2. The number of carboxylic acid groups (broad SMARTS) is 1. The Bertz CT molecular complexity index is 696. The summed E-state index contributed by atoms with van der Waals surface area (Å²) in [5.74, 6) is -0.261. The third kappa shape index (κ3) is 3.08. The average Bonchev–Trinajstić information content (AvgIpc) is 2.44. The molecule has 0 amide bonds. The number of aryl methyl sites for hydroxylation is 2. The number of nitrogens with two attached hydrogens (primary N) is 1. The van der Waals surface area contributed by atoms with Gasteiger partial charge >= 0.3 is 5.97 Å². The Kier molecular flexibility index (Phi) is 4.03. The van der Waals surface area contributed by atoms with Crippen LogP contribution < -0.4 is 15.8 Å². The highest BCUT2D eigenvalue weighted by atomic mass is 16.5. The van der Waals surface area contributed by atoms with E-state index in [0.29, 0.717) is 11.4 Å². The fourth-order valence-corrected chi connectivity index (χ4v) is 2.11. The topological polar surface area (TPSA) is 84.6 Å². The molecule has 5 nitrogen and oxygen atoms in total. The van der Waals surface area contributed by atoms with Gasteiger partial charge in [0.05, 0.1) is 12.7 Å². The van der Waals surface area contributed by atoms with Crippen LogP contribution in [0.3, 0.4) is 0 Å². The number of ether oxygens (including phenoxy) is 1. The van der Waals surface area contributed by atoms with E-state index in [1.807, 2.05) is 31.2 Å². The molecule has 0 unspecified atom stereocenters. The van der Waals surface area contributed by atoms with Gasteiger partial charge in [0, 0.05) is 17.1 Å². The van der Waals surface area contributed by atoms with Crippen molar-refractivity contribution in [1.82, 2.24) is 0 Å². The zero-order chi connectivity index (χ0) is 15.6. The lowest BCUT2D eigenvalue weighted by atomic mass is 10.1. The largest absolute Gasteiger partial charge is 0.497 e. The number of anilines is 3. The van der Waals surface area contributed by atoms with Crippen molar-refractivity contribution in [2.24, 2.45) is 0 Å². The SMILES string of the molecule is COc1ccc(Nc2cc(C)c(N)c(C(=O)O)c2)c(C)c1. The minimum atomic E-state index is -1.04. The summed E-state index contributed by atoms with van der Waals surface area (Å²) in [5.41, 5.74) is 9.48. The number of nitrogens with one attached hydrogen (secondary N) is 1. The lowest BCUT2D eigenvalue weighted by Gasteiger charge is -2.13. The summed E-state index contributed by atoms with van der Waals surface area (Å²) in [4.78, 5) is 11.2. The Hall–Kier alpha value is -2.69. The third-order valence-corrected chi connectivity index (χ3v) is 3.33. The van der Waals surface area contributed by atoms with Gasteiger partial charge in [-0.3, -0.25) is 0 Å². The fraction of sp³-hybridized carbons (Fsp3) is 0.188. The Morgan fingerprint density at radius 2 is 1.90 bits per heavy atom. The Balaban J connectivity index is 2.38.